The number of phenols is 1. The third-order valence-electron chi connectivity index (χ3n) is 4.70. The van der Waals surface area contributed by atoms with Crippen LogP contribution in [0.3, 0.4) is 0 Å². The minimum absolute atomic E-state index is 0.0129. The van der Waals surface area contributed by atoms with Gasteiger partial charge in [-0.05, 0) is 12.5 Å². The van der Waals surface area contributed by atoms with E-state index in [0.29, 0.717) is 0 Å². The van der Waals surface area contributed by atoms with Crippen LogP contribution in [0.2, 0.25) is 4.34 Å². The Kier molecular flexibility index (Phi) is 4.24. The fourth-order valence-electron chi connectivity index (χ4n) is 3.21. The van der Waals surface area contributed by atoms with Gasteiger partial charge in [0, 0.05) is 16.7 Å². The van der Waals surface area contributed by atoms with Crippen LogP contribution in [0.1, 0.15) is 21.5 Å². The Hall–Kier alpha value is -2.77. The Labute approximate surface area is 167 Å². The summed E-state index contributed by atoms with van der Waals surface area (Å²) in [5.74, 6) is -3.80. The van der Waals surface area contributed by atoms with Crippen molar-refractivity contribution < 1.29 is 23.5 Å². The quantitative estimate of drug-likeness (QED) is 0.559. The fourth-order valence-corrected chi connectivity index (χ4v) is 4.57. The summed E-state index contributed by atoms with van der Waals surface area (Å²) in [5, 5.41) is 12.7. The van der Waals surface area contributed by atoms with Crippen LogP contribution in [0.4, 0.5) is 13.8 Å². The Bertz CT molecular complexity index is 1150. The van der Waals surface area contributed by atoms with E-state index in [0.717, 1.165) is 11.3 Å². The molecule has 4 rings (SSSR count). The highest BCUT2D eigenvalue weighted by atomic mass is 35.5. The number of anilines is 1. The van der Waals surface area contributed by atoms with Gasteiger partial charge in [0.15, 0.2) is 11.6 Å². The highest BCUT2D eigenvalue weighted by Crippen LogP contribution is 2.51. The van der Waals surface area contributed by atoms with Gasteiger partial charge in [0.05, 0.1) is 5.56 Å². The third-order valence-corrected chi connectivity index (χ3v) is 6.01. The lowest BCUT2D eigenvalue weighted by Crippen LogP contribution is -2.47. The molecule has 0 saturated carbocycles. The van der Waals surface area contributed by atoms with Crippen molar-refractivity contribution in [2.75, 3.05) is 5.32 Å². The number of amides is 1. The molecule has 0 spiro atoms. The zero-order valence-electron chi connectivity index (χ0n) is 14.3. The number of phenolic OH excluding ortho intramolecular Hbond substituents is 1. The average molecular weight is 420 g/mol. The number of aromatic hydroxyl groups is 1. The molecule has 142 valence electrons. The van der Waals surface area contributed by atoms with E-state index in [1.807, 2.05) is 0 Å². The van der Waals surface area contributed by atoms with E-state index < -0.39 is 28.9 Å². The van der Waals surface area contributed by atoms with E-state index in [1.165, 1.54) is 43.3 Å². The molecule has 3 aromatic rings. The molecule has 2 aromatic carbocycles. The number of fused-ring (bicyclic) bond motifs is 1. The summed E-state index contributed by atoms with van der Waals surface area (Å²) in [6.07, 6.45) is 0. The maximum atomic E-state index is 15.8. The number of carbonyl (C=O) groups is 2. The van der Waals surface area contributed by atoms with Gasteiger partial charge in [0.2, 0.25) is 5.78 Å². The monoisotopic (exact) mass is 419 g/mol. The van der Waals surface area contributed by atoms with Crippen LogP contribution in [-0.2, 0) is 10.5 Å². The normalized spacial score (nSPS) is 18.7. The molecule has 0 radical (unpaired) electrons. The van der Waals surface area contributed by atoms with Crippen molar-refractivity contribution in [2.24, 2.45) is 0 Å². The minimum atomic E-state index is -2.97. The first-order chi connectivity index (χ1) is 13.3. The molecule has 8 heteroatoms. The number of nitrogens with one attached hydrogen (secondary N) is 1. The van der Waals surface area contributed by atoms with Crippen LogP contribution in [0.5, 0.6) is 5.75 Å². The van der Waals surface area contributed by atoms with E-state index >= 15 is 4.39 Å². The van der Waals surface area contributed by atoms with Gasteiger partial charge < -0.3 is 10.4 Å². The number of ketones is 1. The zero-order valence-corrected chi connectivity index (χ0v) is 15.9. The third kappa shape index (κ3) is 2.47. The van der Waals surface area contributed by atoms with Gasteiger partial charge in [-0.3, -0.25) is 9.59 Å². The fraction of sp³-hybridized carbons (Fsp3) is 0.100. The number of thiophene rings is 1. The van der Waals surface area contributed by atoms with Crippen LogP contribution < -0.4 is 5.32 Å². The molecule has 0 bridgehead atoms. The number of hydrogen-bond donors (Lipinski definition) is 2. The summed E-state index contributed by atoms with van der Waals surface area (Å²) in [6.45, 7) is 1.47. The van der Waals surface area contributed by atoms with Crippen LogP contribution in [0.25, 0.3) is 11.1 Å². The van der Waals surface area contributed by atoms with E-state index in [-0.39, 0.29) is 37.2 Å². The van der Waals surface area contributed by atoms with E-state index in [2.05, 4.69) is 5.32 Å². The predicted octanol–water partition coefficient (Wildman–Crippen LogP) is 5.22. The maximum Gasteiger partial charge on any atom is 0.275 e. The largest absolute Gasteiger partial charge is 0.504 e. The SMILES string of the molecule is Cc1ccc(-c2c(Cl)sc3c2C(=O)C(F)(c2ccccc2)C(=O)N3)c(O)c1F. The van der Waals surface area contributed by atoms with Crippen molar-refractivity contribution in [3.8, 4) is 16.9 Å². The van der Waals surface area contributed by atoms with Crippen molar-refractivity contribution >= 4 is 39.6 Å². The Balaban J connectivity index is 1.97. The van der Waals surface area contributed by atoms with Crippen LogP contribution >= 0.6 is 22.9 Å². The van der Waals surface area contributed by atoms with Crippen LogP contribution in [0.15, 0.2) is 42.5 Å². The number of aryl methyl sites for hydroxylation is 1. The molecule has 2 heterocycles. The summed E-state index contributed by atoms with van der Waals surface area (Å²) < 4.78 is 30.0. The first-order valence-electron chi connectivity index (χ1n) is 8.18. The van der Waals surface area contributed by atoms with E-state index in [1.54, 1.807) is 6.07 Å². The minimum Gasteiger partial charge on any atom is -0.504 e. The van der Waals surface area contributed by atoms with Crippen LogP contribution in [0, 0.1) is 12.7 Å². The maximum absolute atomic E-state index is 15.8. The van der Waals surface area contributed by atoms with Crippen molar-refractivity contribution in [3.05, 3.63) is 69.3 Å². The lowest BCUT2D eigenvalue weighted by molar-refractivity contribution is -0.125. The summed E-state index contributed by atoms with van der Waals surface area (Å²) >= 11 is 7.09. The van der Waals surface area contributed by atoms with Crippen molar-refractivity contribution in [1.29, 1.82) is 0 Å². The molecule has 28 heavy (non-hydrogen) atoms. The number of rotatable bonds is 2. The topological polar surface area (TPSA) is 66.4 Å². The molecule has 0 saturated heterocycles. The molecule has 0 fully saturated rings. The molecule has 2 N–H and O–H groups in total. The number of halogens is 3. The highest BCUT2D eigenvalue weighted by molar-refractivity contribution is 7.21. The van der Waals surface area contributed by atoms with Gasteiger partial charge >= 0.3 is 0 Å². The molecule has 1 unspecified atom stereocenters. The van der Waals surface area contributed by atoms with E-state index in [9.17, 15) is 19.1 Å². The highest BCUT2D eigenvalue weighted by Gasteiger charge is 2.54. The molecule has 1 aliphatic rings. The van der Waals surface area contributed by atoms with Gasteiger partial charge in [0.1, 0.15) is 9.34 Å². The molecule has 1 atom stereocenters. The molecule has 1 aliphatic heterocycles. The van der Waals surface area contributed by atoms with E-state index in [4.69, 9.17) is 11.6 Å². The number of Topliss-reactive ketones (excluding diaryl/α,β-unsaturated/α-hetero) is 1. The smallest absolute Gasteiger partial charge is 0.275 e. The molecule has 1 amide bonds. The first kappa shape index (κ1) is 18.6. The number of carbonyl (C=O) groups excluding carboxylic acids is 2. The average Bonchev–Trinajstić information content (AvgIpc) is 3.01. The second-order valence-electron chi connectivity index (χ2n) is 6.36. The van der Waals surface area contributed by atoms with Gasteiger partial charge in [-0.1, -0.05) is 54.1 Å². The van der Waals surface area contributed by atoms with Gasteiger partial charge in [-0.25, -0.2) is 8.78 Å². The summed E-state index contributed by atoms with van der Waals surface area (Å²) in [5.41, 5.74) is -3.15. The molecule has 4 nitrogen and oxygen atoms in total. The van der Waals surface area contributed by atoms with Crippen LogP contribution in [-0.4, -0.2) is 16.8 Å². The molecule has 0 aliphatic carbocycles. The van der Waals surface area contributed by atoms with Gasteiger partial charge in [-0.15, -0.1) is 11.3 Å². The Morgan fingerprint density at radius 1 is 1.11 bits per heavy atom. The number of alkyl halides is 1. The summed E-state index contributed by atoms with van der Waals surface area (Å²) in [7, 11) is 0. The Morgan fingerprint density at radius 2 is 1.79 bits per heavy atom. The van der Waals surface area contributed by atoms with Crippen molar-refractivity contribution in [2.45, 2.75) is 12.6 Å². The predicted molar refractivity (Wildman–Crippen MR) is 103 cm³/mol. The second kappa shape index (κ2) is 6.39. The number of benzene rings is 2. The molecule has 1 aromatic heterocycles. The summed E-state index contributed by atoms with van der Waals surface area (Å²) in [6, 6.07) is 10.1. The number of hydrogen-bond acceptors (Lipinski definition) is 4. The van der Waals surface area contributed by atoms with Crippen molar-refractivity contribution in [1.82, 2.24) is 0 Å². The summed E-state index contributed by atoms with van der Waals surface area (Å²) in [4.78, 5) is 25.6. The van der Waals surface area contributed by atoms with Crippen molar-refractivity contribution in [3.63, 3.8) is 0 Å². The standard InChI is InChI=1S/C20H12ClF2NO3S/c1-9-7-8-11(15(25)14(9)22)12-13-16(26)20(23,10-5-3-2-4-6-10)19(27)24-18(13)28-17(12)21/h2-8,25H,1H3,(H,24,27). The Morgan fingerprint density at radius 3 is 2.46 bits per heavy atom. The molecular formula is C20H12ClF2NO3S. The lowest BCUT2D eigenvalue weighted by atomic mass is 9.83. The second-order valence-corrected chi connectivity index (χ2v) is 7.98. The van der Waals surface area contributed by atoms with Gasteiger partial charge in [0.25, 0.3) is 11.6 Å². The molecular weight excluding hydrogens is 408 g/mol. The lowest BCUT2D eigenvalue weighted by Gasteiger charge is -2.28. The first-order valence-corrected chi connectivity index (χ1v) is 9.37. The van der Waals surface area contributed by atoms with Gasteiger partial charge in [-0.2, -0.15) is 0 Å². The zero-order chi connectivity index (χ0) is 20.2.